The summed E-state index contributed by atoms with van der Waals surface area (Å²) >= 11 is 0. The Morgan fingerprint density at radius 1 is 1.40 bits per heavy atom. The van der Waals surface area contributed by atoms with Crippen molar-refractivity contribution in [2.24, 2.45) is 7.05 Å². The van der Waals surface area contributed by atoms with Crippen molar-refractivity contribution in [3.8, 4) is 5.75 Å². The van der Waals surface area contributed by atoms with Crippen LogP contribution in [0.4, 0.5) is 5.69 Å². The molecule has 0 aliphatic heterocycles. The molecule has 0 aliphatic carbocycles. The topological polar surface area (TPSA) is 39.1 Å². The molecule has 0 saturated carbocycles. The highest BCUT2D eigenvalue weighted by molar-refractivity contribution is 5.48. The molecule has 1 aromatic carbocycles. The molecule has 0 aliphatic rings. The van der Waals surface area contributed by atoms with Crippen LogP contribution < -0.4 is 10.1 Å². The van der Waals surface area contributed by atoms with E-state index in [2.05, 4.69) is 37.3 Å². The fraction of sp³-hybridized carbons (Fsp3) is 0.438. The lowest BCUT2D eigenvalue weighted by Crippen LogP contribution is -2.09. The minimum absolute atomic E-state index is 0.241. The van der Waals surface area contributed by atoms with Crippen molar-refractivity contribution in [2.75, 3.05) is 5.32 Å². The highest BCUT2D eigenvalue weighted by Gasteiger charge is 2.05. The van der Waals surface area contributed by atoms with E-state index in [9.17, 15) is 0 Å². The fourth-order valence-corrected chi connectivity index (χ4v) is 1.91. The van der Waals surface area contributed by atoms with Gasteiger partial charge >= 0.3 is 0 Å². The second kappa shape index (κ2) is 6.46. The summed E-state index contributed by atoms with van der Waals surface area (Å²) in [4.78, 5) is 0. The first-order valence-corrected chi connectivity index (χ1v) is 7.08. The van der Waals surface area contributed by atoms with E-state index < -0.39 is 0 Å². The standard InChI is InChI=1S/C16H23N3O/c1-5-12(2)20-16-8-6-7-15(9-16)17-10-14-11-18-19(4)13(14)3/h6-9,11-12,17H,5,10H2,1-4H3. The molecular formula is C16H23N3O. The number of nitrogens with one attached hydrogen (secondary N) is 1. The minimum atomic E-state index is 0.241. The molecule has 0 bridgehead atoms. The van der Waals surface area contributed by atoms with Gasteiger partial charge in [-0.05, 0) is 32.4 Å². The summed E-state index contributed by atoms with van der Waals surface area (Å²) in [6.45, 7) is 7.05. The lowest BCUT2D eigenvalue weighted by Gasteiger charge is -2.14. The third-order valence-electron chi connectivity index (χ3n) is 3.57. The summed E-state index contributed by atoms with van der Waals surface area (Å²) in [7, 11) is 1.96. The Balaban J connectivity index is 1.99. The van der Waals surface area contributed by atoms with Gasteiger partial charge in [0, 0.05) is 36.6 Å². The quantitative estimate of drug-likeness (QED) is 0.875. The van der Waals surface area contributed by atoms with Gasteiger partial charge in [-0.1, -0.05) is 13.0 Å². The molecule has 2 aromatic rings. The number of benzene rings is 1. The maximum Gasteiger partial charge on any atom is 0.121 e. The highest BCUT2D eigenvalue weighted by atomic mass is 16.5. The molecule has 0 radical (unpaired) electrons. The Kier molecular flexibility index (Phi) is 4.66. The number of ether oxygens (including phenoxy) is 1. The number of hydrogen-bond acceptors (Lipinski definition) is 3. The average Bonchev–Trinajstić information content (AvgIpc) is 2.77. The number of hydrogen-bond donors (Lipinski definition) is 1. The number of rotatable bonds is 6. The van der Waals surface area contributed by atoms with Crippen molar-refractivity contribution >= 4 is 5.69 Å². The smallest absolute Gasteiger partial charge is 0.121 e. The van der Waals surface area contributed by atoms with Crippen LogP contribution in [-0.4, -0.2) is 15.9 Å². The summed E-state index contributed by atoms with van der Waals surface area (Å²) in [5.74, 6) is 0.909. The van der Waals surface area contributed by atoms with Gasteiger partial charge in [0.15, 0.2) is 0 Å². The van der Waals surface area contributed by atoms with Crippen molar-refractivity contribution < 1.29 is 4.74 Å². The molecule has 2 rings (SSSR count). The molecule has 108 valence electrons. The van der Waals surface area contributed by atoms with Crippen LogP contribution in [0.3, 0.4) is 0 Å². The summed E-state index contributed by atoms with van der Waals surface area (Å²) in [5.41, 5.74) is 3.46. The van der Waals surface area contributed by atoms with E-state index in [4.69, 9.17) is 4.74 Å². The first-order valence-electron chi connectivity index (χ1n) is 7.08. The summed E-state index contributed by atoms with van der Waals surface area (Å²) in [6, 6.07) is 8.09. The van der Waals surface area contributed by atoms with E-state index in [1.807, 2.05) is 36.1 Å². The fourth-order valence-electron chi connectivity index (χ4n) is 1.91. The Labute approximate surface area is 120 Å². The van der Waals surface area contributed by atoms with Crippen molar-refractivity contribution in [1.82, 2.24) is 9.78 Å². The van der Waals surface area contributed by atoms with Gasteiger partial charge in [0.25, 0.3) is 0 Å². The van der Waals surface area contributed by atoms with Crippen LogP contribution in [0.1, 0.15) is 31.5 Å². The normalized spacial score (nSPS) is 12.2. The van der Waals surface area contributed by atoms with Crippen LogP contribution in [0.5, 0.6) is 5.75 Å². The van der Waals surface area contributed by atoms with E-state index in [1.54, 1.807) is 0 Å². The van der Waals surface area contributed by atoms with Gasteiger partial charge < -0.3 is 10.1 Å². The molecule has 1 N–H and O–H groups in total. The molecule has 1 unspecified atom stereocenters. The molecule has 0 spiro atoms. The zero-order valence-corrected chi connectivity index (χ0v) is 12.7. The van der Waals surface area contributed by atoms with Crippen molar-refractivity contribution in [3.05, 3.63) is 41.7 Å². The third-order valence-corrected chi connectivity index (χ3v) is 3.57. The molecule has 0 saturated heterocycles. The van der Waals surface area contributed by atoms with E-state index in [-0.39, 0.29) is 6.10 Å². The Bertz CT molecular complexity index is 563. The van der Waals surface area contributed by atoms with Crippen LogP contribution in [0, 0.1) is 6.92 Å². The molecule has 1 heterocycles. The van der Waals surface area contributed by atoms with E-state index in [0.29, 0.717) is 0 Å². The SMILES string of the molecule is CCC(C)Oc1cccc(NCc2cnn(C)c2C)c1. The third kappa shape index (κ3) is 3.53. The molecule has 4 heteroatoms. The molecule has 0 fully saturated rings. The first kappa shape index (κ1) is 14.4. The van der Waals surface area contributed by atoms with E-state index in [1.165, 1.54) is 11.3 Å². The van der Waals surface area contributed by atoms with Crippen LogP contribution in [0.2, 0.25) is 0 Å². The van der Waals surface area contributed by atoms with Gasteiger partial charge in [0.05, 0.1) is 12.3 Å². The molecular weight excluding hydrogens is 250 g/mol. The van der Waals surface area contributed by atoms with Gasteiger partial charge in [-0.15, -0.1) is 0 Å². The van der Waals surface area contributed by atoms with Crippen molar-refractivity contribution in [1.29, 1.82) is 0 Å². The van der Waals surface area contributed by atoms with Gasteiger partial charge in [-0.2, -0.15) is 5.10 Å². The van der Waals surface area contributed by atoms with E-state index in [0.717, 1.165) is 24.4 Å². The molecule has 20 heavy (non-hydrogen) atoms. The van der Waals surface area contributed by atoms with Crippen molar-refractivity contribution in [3.63, 3.8) is 0 Å². The van der Waals surface area contributed by atoms with Crippen LogP contribution >= 0.6 is 0 Å². The largest absolute Gasteiger partial charge is 0.491 e. The number of aryl methyl sites for hydroxylation is 1. The second-order valence-electron chi connectivity index (χ2n) is 5.10. The summed E-state index contributed by atoms with van der Waals surface area (Å²) < 4.78 is 7.72. The molecule has 1 aromatic heterocycles. The number of aromatic nitrogens is 2. The first-order chi connectivity index (χ1) is 9.60. The summed E-state index contributed by atoms with van der Waals surface area (Å²) in [6.07, 6.45) is 3.15. The monoisotopic (exact) mass is 273 g/mol. The van der Waals surface area contributed by atoms with Crippen molar-refractivity contribution in [2.45, 2.75) is 39.8 Å². The molecule has 4 nitrogen and oxygen atoms in total. The number of nitrogens with zero attached hydrogens (tertiary/aromatic N) is 2. The Morgan fingerprint density at radius 3 is 2.85 bits per heavy atom. The zero-order valence-electron chi connectivity index (χ0n) is 12.7. The second-order valence-corrected chi connectivity index (χ2v) is 5.10. The average molecular weight is 273 g/mol. The zero-order chi connectivity index (χ0) is 14.5. The van der Waals surface area contributed by atoms with Gasteiger partial charge in [0.1, 0.15) is 5.75 Å². The van der Waals surface area contributed by atoms with Crippen LogP contribution in [0.15, 0.2) is 30.5 Å². The summed E-state index contributed by atoms with van der Waals surface area (Å²) in [5, 5.41) is 7.66. The maximum absolute atomic E-state index is 5.83. The Morgan fingerprint density at radius 2 is 2.20 bits per heavy atom. The van der Waals surface area contributed by atoms with Crippen LogP contribution in [0.25, 0.3) is 0 Å². The van der Waals surface area contributed by atoms with Crippen LogP contribution in [-0.2, 0) is 13.6 Å². The van der Waals surface area contributed by atoms with Gasteiger partial charge in [-0.25, -0.2) is 0 Å². The van der Waals surface area contributed by atoms with Gasteiger partial charge in [0.2, 0.25) is 0 Å². The van der Waals surface area contributed by atoms with E-state index >= 15 is 0 Å². The lowest BCUT2D eigenvalue weighted by molar-refractivity contribution is 0.217. The lowest BCUT2D eigenvalue weighted by atomic mass is 10.2. The highest BCUT2D eigenvalue weighted by Crippen LogP contribution is 2.20. The predicted octanol–water partition coefficient (Wildman–Crippen LogP) is 3.52. The molecule has 0 amide bonds. The molecule has 1 atom stereocenters. The predicted molar refractivity (Wildman–Crippen MR) is 82.1 cm³/mol. The Hall–Kier alpha value is -1.97. The van der Waals surface area contributed by atoms with Gasteiger partial charge in [-0.3, -0.25) is 4.68 Å². The maximum atomic E-state index is 5.83. The minimum Gasteiger partial charge on any atom is -0.491 e. The number of anilines is 1.